The number of anilines is 1. The third-order valence-corrected chi connectivity index (χ3v) is 3.24. The Morgan fingerprint density at radius 3 is 3.06 bits per heavy atom. The fraction of sp³-hybridized carbons (Fsp3) is 0.538. The Balaban J connectivity index is 2.21. The highest BCUT2D eigenvalue weighted by Gasteiger charge is 2.32. The van der Waals surface area contributed by atoms with Gasteiger partial charge in [0.15, 0.2) is 0 Å². The zero-order valence-electron chi connectivity index (χ0n) is 10.7. The van der Waals surface area contributed by atoms with E-state index in [1.807, 2.05) is 0 Å². The second-order valence-electron chi connectivity index (χ2n) is 4.37. The first-order chi connectivity index (χ1) is 8.78. The molecule has 0 saturated carbocycles. The molecule has 0 aromatic carbocycles. The molecule has 2 atom stereocenters. The summed E-state index contributed by atoms with van der Waals surface area (Å²) in [6.07, 6.45) is 2.78. The van der Waals surface area contributed by atoms with Crippen LogP contribution >= 0.6 is 0 Å². The quantitative estimate of drug-likeness (QED) is 0.800. The van der Waals surface area contributed by atoms with E-state index in [4.69, 9.17) is 14.7 Å². The van der Waals surface area contributed by atoms with Crippen LogP contribution in [0.25, 0.3) is 0 Å². The molecule has 1 saturated heterocycles. The number of nitriles is 1. The van der Waals surface area contributed by atoms with Crippen molar-refractivity contribution in [3.05, 3.63) is 23.9 Å². The minimum absolute atomic E-state index is 0.192. The second-order valence-corrected chi connectivity index (χ2v) is 4.37. The Bertz CT molecular complexity index is 444. The van der Waals surface area contributed by atoms with E-state index in [1.54, 1.807) is 32.5 Å². The van der Waals surface area contributed by atoms with Gasteiger partial charge in [-0.1, -0.05) is 0 Å². The smallest absolute Gasteiger partial charge is 0.130 e. The van der Waals surface area contributed by atoms with Gasteiger partial charge in [0.2, 0.25) is 0 Å². The first kappa shape index (κ1) is 12.8. The van der Waals surface area contributed by atoms with E-state index in [2.05, 4.69) is 16.0 Å². The lowest BCUT2D eigenvalue weighted by molar-refractivity contribution is 0.111. The minimum atomic E-state index is 0.192. The second kappa shape index (κ2) is 5.80. The zero-order chi connectivity index (χ0) is 13.0. The van der Waals surface area contributed by atoms with Crippen LogP contribution in [-0.2, 0) is 9.47 Å². The molecule has 0 bridgehead atoms. The molecule has 1 aromatic heterocycles. The van der Waals surface area contributed by atoms with Crippen LogP contribution in [0.1, 0.15) is 12.0 Å². The molecule has 0 aliphatic carbocycles. The molecule has 1 aromatic rings. The summed E-state index contributed by atoms with van der Waals surface area (Å²) in [5.74, 6) is 0.815. The van der Waals surface area contributed by atoms with Gasteiger partial charge in [-0.15, -0.1) is 0 Å². The van der Waals surface area contributed by atoms with Crippen molar-refractivity contribution in [2.75, 3.05) is 32.3 Å². The number of pyridine rings is 1. The van der Waals surface area contributed by atoms with Crippen molar-refractivity contribution in [3.8, 4) is 6.07 Å². The van der Waals surface area contributed by atoms with Crippen LogP contribution < -0.4 is 4.90 Å². The summed E-state index contributed by atoms with van der Waals surface area (Å²) in [6, 6.07) is 5.90. The number of methoxy groups -OCH3 is 2. The van der Waals surface area contributed by atoms with Crippen molar-refractivity contribution in [1.29, 1.82) is 5.26 Å². The van der Waals surface area contributed by atoms with E-state index >= 15 is 0 Å². The van der Waals surface area contributed by atoms with E-state index in [-0.39, 0.29) is 12.1 Å². The molecule has 5 heteroatoms. The lowest BCUT2D eigenvalue weighted by Gasteiger charge is -2.24. The topological polar surface area (TPSA) is 58.4 Å². The molecule has 2 heterocycles. The maximum atomic E-state index is 8.93. The molecule has 18 heavy (non-hydrogen) atoms. The van der Waals surface area contributed by atoms with Crippen LogP contribution in [0.4, 0.5) is 5.82 Å². The number of nitrogens with zero attached hydrogens (tertiary/aromatic N) is 3. The Morgan fingerprint density at radius 2 is 2.39 bits per heavy atom. The van der Waals surface area contributed by atoms with Crippen LogP contribution in [0.5, 0.6) is 0 Å². The first-order valence-electron chi connectivity index (χ1n) is 5.93. The van der Waals surface area contributed by atoms with Gasteiger partial charge in [0.05, 0.1) is 30.4 Å². The maximum absolute atomic E-state index is 8.93. The number of aromatic nitrogens is 1. The van der Waals surface area contributed by atoms with Gasteiger partial charge in [0, 0.05) is 27.0 Å². The summed E-state index contributed by atoms with van der Waals surface area (Å²) in [5, 5.41) is 8.93. The van der Waals surface area contributed by atoms with E-state index < -0.39 is 0 Å². The third-order valence-electron chi connectivity index (χ3n) is 3.24. The van der Waals surface area contributed by atoms with Gasteiger partial charge in [-0.2, -0.15) is 5.26 Å². The molecule has 96 valence electrons. The van der Waals surface area contributed by atoms with Gasteiger partial charge < -0.3 is 14.4 Å². The van der Waals surface area contributed by atoms with Crippen LogP contribution in [0.2, 0.25) is 0 Å². The highest BCUT2D eigenvalue weighted by Crippen LogP contribution is 2.26. The van der Waals surface area contributed by atoms with Gasteiger partial charge in [0.25, 0.3) is 0 Å². The molecule has 0 unspecified atom stereocenters. The van der Waals surface area contributed by atoms with E-state index in [1.165, 1.54) is 0 Å². The predicted octanol–water partition coefficient (Wildman–Crippen LogP) is 1.19. The summed E-state index contributed by atoms with van der Waals surface area (Å²) in [4.78, 5) is 6.49. The molecule has 2 rings (SSSR count). The number of ether oxygens (including phenoxy) is 2. The van der Waals surface area contributed by atoms with Gasteiger partial charge in [-0.05, 0) is 18.6 Å². The van der Waals surface area contributed by atoms with Crippen molar-refractivity contribution < 1.29 is 9.47 Å². The monoisotopic (exact) mass is 247 g/mol. The van der Waals surface area contributed by atoms with Crippen LogP contribution in [0, 0.1) is 11.3 Å². The Labute approximate surface area is 107 Å². The Morgan fingerprint density at radius 1 is 1.56 bits per heavy atom. The van der Waals surface area contributed by atoms with Crippen LogP contribution in [-0.4, -0.2) is 44.5 Å². The molecular formula is C13H17N3O2. The van der Waals surface area contributed by atoms with E-state index in [0.29, 0.717) is 12.2 Å². The molecule has 0 N–H and O–H groups in total. The van der Waals surface area contributed by atoms with Crippen molar-refractivity contribution in [2.45, 2.75) is 18.6 Å². The van der Waals surface area contributed by atoms with Gasteiger partial charge in [-0.25, -0.2) is 4.98 Å². The minimum Gasteiger partial charge on any atom is -0.383 e. The fourth-order valence-corrected chi connectivity index (χ4v) is 2.32. The summed E-state index contributed by atoms with van der Waals surface area (Å²) >= 11 is 0. The fourth-order valence-electron chi connectivity index (χ4n) is 2.32. The zero-order valence-corrected chi connectivity index (χ0v) is 10.7. The van der Waals surface area contributed by atoms with E-state index in [9.17, 15) is 0 Å². The molecule has 1 fully saturated rings. The van der Waals surface area contributed by atoms with Gasteiger partial charge in [0.1, 0.15) is 5.82 Å². The van der Waals surface area contributed by atoms with E-state index in [0.717, 1.165) is 18.8 Å². The molecule has 1 aliphatic heterocycles. The summed E-state index contributed by atoms with van der Waals surface area (Å²) in [7, 11) is 3.41. The van der Waals surface area contributed by atoms with Crippen molar-refractivity contribution in [2.24, 2.45) is 0 Å². The summed E-state index contributed by atoms with van der Waals surface area (Å²) in [5.41, 5.74) is 0.622. The molecule has 5 nitrogen and oxygen atoms in total. The molecule has 0 amide bonds. The van der Waals surface area contributed by atoms with Crippen molar-refractivity contribution in [1.82, 2.24) is 4.98 Å². The average molecular weight is 247 g/mol. The van der Waals surface area contributed by atoms with Gasteiger partial charge >= 0.3 is 0 Å². The summed E-state index contributed by atoms with van der Waals surface area (Å²) < 4.78 is 10.6. The molecular weight excluding hydrogens is 230 g/mol. The maximum Gasteiger partial charge on any atom is 0.130 e. The predicted molar refractivity (Wildman–Crippen MR) is 67.4 cm³/mol. The largest absolute Gasteiger partial charge is 0.383 e. The normalized spacial score (nSPS) is 23.1. The first-order valence-corrected chi connectivity index (χ1v) is 5.93. The Hall–Kier alpha value is -1.64. The molecule has 1 aliphatic rings. The highest BCUT2D eigenvalue weighted by molar-refractivity contribution is 5.47. The Kier molecular flexibility index (Phi) is 4.13. The molecule has 0 spiro atoms. The number of hydrogen-bond acceptors (Lipinski definition) is 5. The lowest BCUT2D eigenvalue weighted by atomic mass is 10.2. The average Bonchev–Trinajstić information content (AvgIpc) is 2.82. The van der Waals surface area contributed by atoms with Crippen molar-refractivity contribution in [3.63, 3.8) is 0 Å². The third kappa shape index (κ3) is 2.61. The van der Waals surface area contributed by atoms with Gasteiger partial charge in [-0.3, -0.25) is 0 Å². The highest BCUT2D eigenvalue weighted by atomic mass is 16.5. The standard InChI is InChI=1S/C13H17N3O2/c1-17-9-11-6-12(18-2)8-16(11)13-5-10(7-14)3-4-15-13/h3-5,11-12H,6,8-9H2,1-2H3/t11-,12+/m0/s1. The molecule has 0 radical (unpaired) electrons. The number of rotatable bonds is 4. The number of hydrogen-bond donors (Lipinski definition) is 0. The van der Waals surface area contributed by atoms with Crippen LogP contribution in [0.3, 0.4) is 0 Å². The summed E-state index contributed by atoms with van der Waals surface area (Å²) in [6.45, 7) is 1.42. The SMILES string of the molecule is COC[C@@H]1C[C@@H](OC)CN1c1cc(C#N)ccn1. The van der Waals surface area contributed by atoms with Crippen molar-refractivity contribution >= 4 is 5.82 Å². The van der Waals surface area contributed by atoms with Crippen LogP contribution in [0.15, 0.2) is 18.3 Å². The lowest BCUT2D eigenvalue weighted by Crippen LogP contribution is -2.33.